The Morgan fingerprint density at radius 2 is 2.00 bits per heavy atom. The number of hydrogen-bond acceptors (Lipinski definition) is 1. The smallest absolute Gasteiger partial charge is 0.376 e. The van der Waals surface area contributed by atoms with E-state index in [1.165, 1.54) is 6.07 Å². The van der Waals surface area contributed by atoms with Gasteiger partial charge in [-0.1, -0.05) is 18.2 Å². The number of fused-ring (bicyclic) bond motifs is 1. The van der Waals surface area contributed by atoms with Gasteiger partial charge in [0, 0.05) is 0 Å². The van der Waals surface area contributed by atoms with Crippen molar-refractivity contribution in [3.05, 3.63) is 34.9 Å². The second-order valence-electron chi connectivity index (χ2n) is 4.31. The van der Waals surface area contributed by atoms with Crippen molar-refractivity contribution in [2.75, 3.05) is 0 Å². The molecule has 1 aromatic rings. The molecule has 1 aliphatic carbocycles. The molecule has 16 heavy (non-hydrogen) atoms. The number of rotatable bonds is 0. The van der Waals surface area contributed by atoms with E-state index in [2.05, 4.69) is 0 Å². The first-order valence-electron chi connectivity index (χ1n) is 5.24. The molecule has 0 fully saturated rings. The third kappa shape index (κ3) is 1.52. The summed E-state index contributed by atoms with van der Waals surface area (Å²) >= 11 is 0. The third-order valence-electron chi connectivity index (χ3n) is 3.29. The summed E-state index contributed by atoms with van der Waals surface area (Å²) in [4.78, 5) is 0. The van der Waals surface area contributed by atoms with Crippen LogP contribution in [0.1, 0.15) is 29.5 Å². The maximum absolute atomic E-state index is 12.9. The van der Waals surface area contributed by atoms with Crippen LogP contribution in [0.2, 0.25) is 0 Å². The van der Waals surface area contributed by atoms with Crippen LogP contribution in [-0.4, -0.2) is 11.3 Å². The number of alkyl halides is 3. The lowest BCUT2D eigenvalue weighted by Gasteiger charge is -2.36. The Morgan fingerprint density at radius 3 is 2.62 bits per heavy atom. The van der Waals surface area contributed by atoms with Gasteiger partial charge in [-0.3, -0.25) is 0 Å². The normalized spacial score (nSPS) is 25.3. The summed E-state index contributed by atoms with van der Waals surface area (Å²) in [7, 11) is 0. The van der Waals surface area contributed by atoms with Gasteiger partial charge in [0.25, 0.3) is 0 Å². The minimum absolute atomic E-state index is 0.0336. The van der Waals surface area contributed by atoms with Crippen LogP contribution >= 0.6 is 0 Å². The van der Waals surface area contributed by atoms with Crippen LogP contribution in [0.15, 0.2) is 18.2 Å². The SMILES string of the molecule is Cc1cccc2c1CCCC2(O)C(F)(F)F. The van der Waals surface area contributed by atoms with Crippen molar-refractivity contribution in [2.24, 2.45) is 0 Å². The third-order valence-corrected chi connectivity index (χ3v) is 3.29. The molecule has 1 N–H and O–H groups in total. The van der Waals surface area contributed by atoms with E-state index in [0.29, 0.717) is 18.4 Å². The van der Waals surface area contributed by atoms with E-state index in [0.717, 1.165) is 5.56 Å². The zero-order valence-electron chi connectivity index (χ0n) is 8.93. The minimum atomic E-state index is -4.60. The molecule has 1 atom stereocenters. The molecule has 0 amide bonds. The Labute approximate surface area is 91.9 Å². The molecule has 1 aromatic carbocycles. The van der Waals surface area contributed by atoms with Crippen LogP contribution in [0.5, 0.6) is 0 Å². The highest BCUT2D eigenvalue weighted by molar-refractivity contribution is 5.41. The molecule has 0 bridgehead atoms. The lowest BCUT2D eigenvalue weighted by Crippen LogP contribution is -2.45. The largest absolute Gasteiger partial charge is 0.421 e. The lowest BCUT2D eigenvalue weighted by atomic mass is 9.77. The molecule has 1 unspecified atom stereocenters. The van der Waals surface area contributed by atoms with Crippen molar-refractivity contribution in [3.8, 4) is 0 Å². The van der Waals surface area contributed by atoms with Crippen molar-refractivity contribution >= 4 is 0 Å². The fourth-order valence-electron chi connectivity index (χ4n) is 2.37. The minimum Gasteiger partial charge on any atom is -0.376 e. The van der Waals surface area contributed by atoms with Crippen LogP contribution in [0, 0.1) is 6.92 Å². The van der Waals surface area contributed by atoms with Gasteiger partial charge in [0.1, 0.15) is 0 Å². The predicted octanol–water partition coefficient (Wildman–Crippen LogP) is 3.08. The summed E-state index contributed by atoms with van der Waals surface area (Å²) in [6, 6.07) is 4.73. The van der Waals surface area contributed by atoms with Gasteiger partial charge in [-0.25, -0.2) is 0 Å². The Balaban J connectivity index is 2.61. The average Bonchev–Trinajstić information content (AvgIpc) is 2.18. The summed E-state index contributed by atoms with van der Waals surface area (Å²) in [5, 5.41) is 9.86. The molecule has 0 aliphatic heterocycles. The molecule has 0 spiro atoms. The van der Waals surface area contributed by atoms with Crippen LogP contribution in [-0.2, 0) is 12.0 Å². The van der Waals surface area contributed by atoms with Gasteiger partial charge < -0.3 is 5.11 Å². The van der Waals surface area contributed by atoms with Crippen molar-refractivity contribution in [2.45, 2.75) is 38.0 Å². The number of hydrogen-bond donors (Lipinski definition) is 1. The molecular formula is C12H13F3O. The highest BCUT2D eigenvalue weighted by atomic mass is 19.4. The molecule has 0 saturated carbocycles. The Hall–Kier alpha value is -1.03. The fourth-order valence-corrected chi connectivity index (χ4v) is 2.37. The van der Waals surface area contributed by atoms with Gasteiger partial charge in [-0.05, 0) is 42.9 Å². The zero-order chi connectivity index (χ0) is 12.0. The summed E-state index contributed by atoms with van der Waals surface area (Å²) in [5.74, 6) is 0. The summed E-state index contributed by atoms with van der Waals surface area (Å²) in [6.45, 7) is 1.78. The van der Waals surface area contributed by atoms with E-state index < -0.39 is 11.8 Å². The molecule has 2 rings (SSSR count). The predicted molar refractivity (Wildman–Crippen MR) is 54.1 cm³/mol. The van der Waals surface area contributed by atoms with Crippen molar-refractivity contribution in [1.82, 2.24) is 0 Å². The van der Waals surface area contributed by atoms with Gasteiger partial charge in [0.15, 0.2) is 5.60 Å². The first kappa shape index (κ1) is 11.5. The summed E-state index contributed by atoms with van der Waals surface area (Å²) in [5.41, 5.74) is -1.16. The molecule has 1 aliphatic rings. The quantitative estimate of drug-likeness (QED) is 0.726. The standard InChI is InChI=1S/C12H13F3O/c1-8-4-2-6-10-9(8)5-3-7-11(10,16)12(13,14)15/h2,4,6,16H,3,5,7H2,1H3. The Bertz CT molecular complexity index is 411. The number of aliphatic hydroxyl groups is 1. The van der Waals surface area contributed by atoms with Gasteiger partial charge in [0.05, 0.1) is 0 Å². The first-order valence-corrected chi connectivity index (χ1v) is 5.24. The van der Waals surface area contributed by atoms with Crippen molar-refractivity contribution in [3.63, 3.8) is 0 Å². The van der Waals surface area contributed by atoms with Gasteiger partial charge in [-0.15, -0.1) is 0 Å². The van der Waals surface area contributed by atoms with Gasteiger partial charge in [-0.2, -0.15) is 13.2 Å². The molecule has 0 heterocycles. The van der Waals surface area contributed by atoms with E-state index in [4.69, 9.17) is 0 Å². The Morgan fingerprint density at radius 1 is 1.31 bits per heavy atom. The average molecular weight is 230 g/mol. The topological polar surface area (TPSA) is 20.2 Å². The monoisotopic (exact) mass is 230 g/mol. The number of benzene rings is 1. The molecule has 0 radical (unpaired) electrons. The molecular weight excluding hydrogens is 217 g/mol. The molecule has 0 aromatic heterocycles. The van der Waals surface area contributed by atoms with Gasteiger partial charge in [0.2, 0.25) is 0 Å². The second kappa shape index (κ2) is 3.48. The summed E-state index contributed by atoms with van der Waals surface area (Å²) < 4.78 is 38.7. The fraction of sp³-hybridized carbons (Fsp3) is 0.500. The van der Waals surface area contributed by atoms with Crippen LogP contribution in [0.3, 0.4) is 0 Å². The van der Waals surface area contributed by atoms with E-state index in [9.17, 15) is 18.3 Å². The molecule has 1 nitrogen and oxygen atoms in total. The first-order chi connectivity index (χ1) is 7.36. The molecule has 4 heteroatoms. The summed E-state index contributed by atoms with van der Waals surface area (Å²) in [6.07, 6.45) is -3.86. The maximum atomic E-state index is 12.9. The number of aryl methyl sites for hydroxylation is 1. The Kier molecular flexibility index (Phi) is 2.49. The highest BCUT2D eigenvalue weighted by Gasteiger charge is 2.56. The van der Waals surface area contributed by atoms with Crippen molar-refractivity contribution < 1.29 is 18.3 Å². The van der Waals surface area contributed by atoms with Crippen LogP contribution < -0.4 is 0 Å². The maximum Gasteiger partial charge on any atom is 0.421 e. The van der Waals surface area contributed by atoms with Gasteiger partial charge >= 0.3 is 6.18 Å². The second-order valence-corrected chi connectivity index (χ2v) is 4.31. The van der Waals surface area contributed by atoms with E-state index in [1.54, 1.807) is 19.1 Å². The molecule has 88 valence electrons. The lowest BCUT2D eigenvalue weighted by molar-refractivity contribution is -0.271. The van der Waals surface area contributed by atoms with Crippen LogP contribution in [0.25, 0.3) is 0 Å². The van der Waals surface area contributed by atoms with E-state index >= 15 is 0 Å². The number of halogens is 3. The van der Waals surface area contributed by atoms with Crippen LogP contribution in [0.4, 0.5) is 13.2 Å². The van der Waals surface area contributed by atoms with E-state index in [1.807, 2.05) is 0 Å². The zero-order valence-corrected chi connectivity index (χ0v) is 8.93. The molecule has 0 saturated heterocycles. The van der Waals surface area contributed by atoms with Crippen molar-refractivity contribution in [1.29, 1.82) is 0 Å². The highest BCUT2D eigenvalue weighted by Crippen LogP contribution is 2.47. The van der Waals surface area contributed by atoms with E-state index in [-0.39, 0.29) is 12.0 Å².